The van der Waals surface area contributed by atoms with Gasteiger partial charge in [-0.3, -0.25) is 4.79 Å². The van der Waals surface area contributed by atoms with E-state index in [1.54, 1.807) is 35.2 Å². The summed E-state index contributed by atoms with van der Waals surface area (Å²) in [5.41, 5.74) is 0.923. The summed E-state index contributed by atoms with van der Waals surface area (Å²) in [4.78, 5) is 22.5. The van der Waals surface area contributed by atoms with E-state index < -0.39 is 20.7 Å². The number of fused-ring (bicyclic) bond motifs is 1. The minimum absolute atomic E-state index is 0.0817. The summed E-state index contributed by atoms with van der Waals surface area (Å²) < 4.78 is 35.5. The number of benzene rings is 1. The molecule has 4 heterocycles. The highest BCUT2D eigenvalue weighted by molar-refractivity contribution is 7.92. The highest BCUT2D eigenvalue weighted by Crippen LogP contribution is 2.34. The predicted molar refractivity (Wildman–Crippen MR) is 105 cm³/mol. The topological polar surface area (TPSA) is 99.3 Å². The predicted octanol–water partition coefficient (Wildman–Crippen LogP) is 0.478. The van der Waals surface area contributed by atoms with Gasteiger partial charge in [-0.2, -0.15) is 0 Å². The number of likely N-dealkylation sites (tertiary alicyclic amines) is 1. The Bertz CT molecular complexity index is 1190. The number of aryl methyl sites for hydroxylation is 1. The van der Waals surface area contributed by atoms with Crippen molar-refractivity contribution in [3.8, 4) is 0 Å². The molecule has 3 aromatic rings. The van der Waals surface area contributed by atoms with Gasteiger partial charge in [0.2, 0.25) is 0 Å². The zero-order chi connectivity index (χ0) is 20.2. The minimum Gasteiger partial charge on any atom is -0.369 e. The maximum absolute atomic E-state index is 13.0. The SMILES string of the molecule is Cn1ccnc1C(=O)N1CC2(C1)CS(=O)(=O)[C@@H](Cn1cnc3ccccc31)CO2. The van der Waals surface area contributed by atoms with Gasteiger partial charge in [-0.25, -0.2) is 18.4 Å². The molecule has 2 saturated heterocycles. The number of rotatable bonds is 3. The molecule has 2 fully saturated rings. The van der Waals surface area contributed by atoms with Crippen LogP contribution in [-0.4, -0.2) is 74.6 Å². The Morgan fingerprint density at radius 3 is 2.79 bits per heavy atom. The molecule has 0 N–H and O–H groups in total. The summed E-state index contributed by atoms with van der Waals surface area (Å²) >= 11 is 0. The van der Waals surface area contributed by atoms with Gasteiger partial charge in [0.15, 0.2) is 15.7 Å². The molecule has 0 unspecified atom stereocenters. The van der Waals surface area contributed by atoms with E-state index in [9.17, 15) is 13.2 Å². The third-order valence-corrected chi connectivity index (χ3v) is 7.96. The monoisotopic (exact) mass is 415 g/mol. The van der Waals surface area contributed by atoms with Gasteiger partial charge in [-0.05, 0) is 12.1 Å². The molecule has 10 heteroatoms. The molecular weight excluding hydrogens is 394 g/mol. The summed E-state index contributed by atoms with van der Waals surface area (Å²) in [6.45, 7) is 0.936. The van der Waals surface area contributed by atoms with Crippen molar-refractivity contribution in [1.29, 1.82) is 0 Å². The van der Waals surface area contributed by atoms with Gasteiger partial charge in [-0.1, -0.05) is 12.1 Å². The first-order valence-electron chi connectivity index (χ1n) is 9.39. The fraction of sp³-hybridized carbons (Fsp3) is 0.421. The Hall–Kier alpha value is -2.72. The molecule has 2 aliphatic heterocycles. The van der Waals surface area contributed by atoms with Crippen LogP contribution >= 0.6 is 0 Å². The first kappa shape index (κ1) is 18.3. The second-order valence-corrected chi connectivity index (χ2v) is 10.1. The number of hydrogen-bond donors (Lipinski definition) is 0. The number of imidazole rings is 2. The smallest absolute Gasteiger partial charge is 0.290 e. The summed E-state index contributed by atoms with van der Waals surface area (Å²) in [5, 5.41) is -0.634. The number of ether oxygens (including phenoxy) is 1. The highest BCUT2D eigenvalue weighted by atomic mass is 32.2. The first-order valence-corrected chi connectivity index (χ1v) is 11.1. The summed E-state index contributed by atoms with van der Waals surface area (Å²) in [7, 11) is -1.63. The van der Waals surface area contributed by atoms with Crippen LogP contribution < -0.4 is 0 Å². The van der Waals surface area contributed by atoms with Crippen molar-refractivity contribution in [2.75, 3.05) is 25.4 Å². The molecule has 5 rings (SSSR count). The lowest BCUT2D eigenvalue weighted by atomic mass is 9.95. The van der Waals surface area contributed by atoms with Gasteiger partial charge >= 0.3 is 0 Å². The van der Waals surface area contributed by atoms with E-state index >= 15 is 0 Å². The Labute approximate surface area is 167 Å². The average molecular weight is 415 g/mol. The largest absolute Gasteiger partial charge is 0.369 e. The normalized spacial score (nSPS) is 22.7. The van der Waals surface area contributed by atoms with Crippen LogP contribution in [0.4, 0.5) is 0 Å². The highest BCUT2D eigenvalue weighted by Gasteiger charge is 2.54. The fourth-order valence-corrected chi connectivity index (χ4v) is 6.03. The van der Waals surface area contributed by atoms with Gasteiger partial charge in [0.25, 0.3) is 5.91 Å². The maximum atomic E-state index is 13.0. The van der Waals surface area contributed by atoms with Gasteiger partial charge < -0.3 is 18.8 Å². The Morgan fingerprint density at radius 2 is 2.07 bits per heavy atom. The molecule has 0 radical (unpaired) electrons. The van der Waals surface area contributed by atoms with E-state index in [0.717, 1.165) is 11.0 Å². The zero-order valence-electron chi connectivity index (χ0n) is 15.9. The maximum Gasteiger partial charge on any atom is 0.290 e. The van der Waals surface area contributed by atoms with Crippen LogP contribution in [0.5, 0.6) is 0 Å². The van der Waals surface area contributed by atoms with Crippen LogP contribution in [0.15, 0.2) is 43.0 Å². The quantitative estimate of drug-likeness (QED) is 0.617. The van der Waals surface area contributed by atoms with Crippen molar-refractivity contribution in [2.24, 2.45) is 7.05 Å². The van der Waals surface area contributed by atoms with E-state index in [-0.39, 0.29) is 31.4 Å². The number of hydrogen-bond acceptors (Lipinski definition) is 6. The van der Waals surface area contributed by atoms with Crippen molar-refractivity contribution < 1.29 is 17.9 Å². The summed E-state index contributed by atoms with van der Waals surface area (Å²) in [5.74, 6) is 0.0428. The number of amides is 1. The first-order chi connectivity index (χ1) is 13.9. The fourth-order valence-electron chi connectivity index (χ4n) is 4.13. The van der Waals surface area contributed by atoms with Crippen LogP contribution in [0.3, 0.4) is 0 Å². The number of carbonyl (C=O) groups excluding carboxylic acids is 1. The molecule has 0 saturated carbocycles. The number of aromatic nitrogens is 4. The number of sulfone groups is 1. The number of nitrogens with zero attached hydrogens (tertiary/aromatic N) is 5. The molecule has 1 atom stereocenters. The van der Waals surface area contributed by atoms with Crippen LogP contribution in [0.1, 0.15) is 10.6 Å². The molecule has 152 valence electrons. The molecular formula is C19H21N5O4S. The third kappa shape index (κ3) is 3.03. The Kier molecular flexibility index (Phi) is 4.04. The van der Waals surface area contributed by atoms with Crippen molar-refractivity contribution in [2.45, 2.75) is 17.4 Å². The Morgan fingerprint density at radius 1 is 1.28 bits per heavy atom. The van der Waals surface area contributed by atoms with Gasteiger partial charge in [0.05, 0.1) is 42.8 Å². The molecule has 1 aromatic carbocycles. The summed E-state index contributed by atoms with van der Waals surface area (Å²) in [6.07, 6.45) is 4.94. The molecule has 0 aliphatic carbocycles. The van der Waals surface area contributed by atoms with Gasteiger partial charge in [0.1, 0.15) is 10.9 Å². The lowest BCUT2D eigenvalue weighted by molar-refractivity contribution is -0.121. The lowest BCUT2D eigenvalue weighted by Crippen LogP contribution is -2.70. The molecule has 0 bridgehead atoms. The van der Waals surface area contributed by atoms with Crippen LogP contribution in [-0.2, 0) is 28.2 Å². The minimum atomic E-state index is -3.38. The van der Waals surface area contributed by atoms with Gasteiger partial charge in [-0.15, -0.1) is 0 Å². The number of para-hydroxylation sites is 2. The third-order valence-electron chi connectivity index (χ3n) is 5.73. The second kappa shape index (κ2) is 6.39. The lowest BCUT2D eigenvalue weighted by Gasteiger charge is -2.51. The summed E-state index contributed by atoms with van der Waals surface area (Å²) in [6, 6.07) is 7.63. The molecule has 2 aromatic heterocycles. The zero-order valence-corrected chi connectivity index (χ0v) is 16.7. The van der Waals surface area contributed by atoms with E-state index in [2.05, 4.69) is 9.97 Å². The molecule has 1 spiro atoms. The average Bonchev–Trinajstić information content (AvgIpc) is 3.27. The van der Waals surface area contributed by atoms with Crippen LogP contribution in [0.25, 0.3) is 11.0 Å². The molecule has 29 heavy (non-hydrogen) atoms. The molecule has 9 nitrogen and oxygen atoms in total. The number of carbonyl (C=O) groups is 1. The van der Waals surface area contributed by atoms with Crippen LogP contribution in [0.2, 0.25) is 0 Å². The van der Waals surface area contributed by atoms with E-state index in [1.807, 2.05) is 28.8 Å². The van der Waals surface area contributed by atoms with Gasteiger partial charge in [0, 0.05) is 26.0 Å². The van der Waals surface area contributed by atoms with Crippen molar-refractivity contribution >= 4 is 26.8 Å². The van der Waals surface area contributed by atoms with Crippen molar-refractivity contribution in [3.05, 3.63) is 48.8 Å². The standard InChI is InChI=1S/C19H21N5O4S/c1-22-7-6-20-17(22)18(25)24-10-19(11-24)12-29(26,27)14(9-28-19)8-23-13-21-15-4-2-3-5-16(15)23/h2-7,13-14H,8-12H2,1H3/t14-/m0/s1. The second-order valence-electron chi connectivity index (χ2n) is 7.83. The molecule has 2 aliphatic rings. The van der Waals surface area contributed by atoms with E-state index in [1.165, 1.54) is 0 Å². The Balaban J connectivity index is 1.28. The van der Waals surface area contributed by atoms with Crippen molar-refractivity contribution in [1.82, 2.24) is 24.0 Å². The van der Waals surface area contributed by atoms with E-state index in [4.69, 9.17) is 4.74 Å². The van der Waals surface area contributed by atoms with Crippen molar-refractivity contribution in [3.63, 3.8) is 0 Å². The van der Waals surface area contributed by atoms with Crippen LogP contribution in [0, 0.1) is 0 Å². The van der Waals surface area contributed by atoms with E-state index in [0.29, 0.717) is 12.4 Å². The molecule has 1 amide bonds.